The fraction of sp³-hybridized carbons (Fsp3) is 0.455. The Kier molecular flexibility index (Phi) is 4.41. The number of halogens is 2. The highest BCUT2D eigenvalue weighted by atomic mass is 19.3. The smallest absolute Gasteiger partial charge is 0.339 e. The molecule has 0 fully saturated rings. The minimum Gasteiger partial charge on any atom is -0.478 e. The number of carboxylic acid groups (broad SMARTS) is 1. The molecule has 0 spiro atoms. The number of rotatable bonds is 5. The molecule has 100 valence electrons. The lowest BCUT2D eigenvalue weighted by Crippen LogP contribution is -2.31. The van der Waals surface area contributed by atoms with Gasteiger partial charge in [0.2, 0.25) is 0 Å². The van der Waals surface area contributed by atoms with Crippen molar-refractivity contribution >= 4 is 11.9 Å². The van der Waals surface area contributed by atoms with Gasteiger partial charge in [0.1, 0.15) is 11.3 Å². The van der Waals surface area contributed by atoms with Gasteiger partial charge in [-0.05, 0) is 0 Å². The average molecular weight is 261 g/mol. The van der Waals surface area contributed by atoms with Crippen molar-refractivity contribution in [1.82, 2.24) is 4.90 Å². The Bertz CT molecular complexity index is 456. The Hall–Kier alpha value is -1.92. The molecule has 0 aliphatic carbocycles. The SMILES string of the molecule is CCc1oc(C(=O)N(C)CC(F)F)cc1C(=O)O. The first-order chi connectivity index (χ1) is 8.36. The summed E-state index contributed by atoms with van der Waals surface area (Å²) in [6.45, 7) is 0.936. The van der Waals surface area contributed by atoms with E-state index in [9.17, 15) is 18.4 Å². The van der Waals surface area contributed by atoms with Crippen LogP contribution in [0.2, 0.25) is 0 Å². The third kappa shape index (κ3) is 3.06. The van der Waals surface area contributed by atoms with Crippen molar-refractivity contribution in [3.05, 3.63) is 23.2 Å². The van der Waals surface area contributed by atoms with Crippen molar-refractivity contribution in [2.45, 2.75) is 19.8 Å². The zero-order valence-corrected chi connectivity index (χ0v) is 9.94. The minimum absolute atomic E-state index is 0.119. The molecule has 0 aliphatic rings. The predicted molar refractivity (Wildman–Crippen MR) is 58.0 cm³/mol. The number of carboxylic acids is 1. The van der Waals surface area contributed by atoms with E-state index >= 15 is 0 Å². The van der Waals surface area contributed by atoms with Crippen LogP contribution in [0.15, 0.2) is 10.5 Å². The van der Waals surface area contributed by atoms with E-state index in [0.29, 0.717) is 6.42 Å². The summed E-state index contributed by atoms with van der Waals surface area (Å²) in [6, 6.07) is 1.06. The Labute approximate surface area is 102 Å². The summed E-state index contributed by atoms with van der Waals surface area (Å²) in [7, 11) is 1.20. The normalized spacial score (nSPS) is 10.7. The van der Waals surface area contributed by atoms with Gasteiger partial charge in [-0.1, -0.05) is 6.92 Å². The molecule has 5 nitrogen and oxygen atoms in total. The first kappa shape index (κ1) is 14.1. The van der Waals surface area contributed by atoms with Gasteiger partial charge in [-0.2, -0.15) is 0 Å². The zero-order chi connectivity index (χ0) is 13.9. The molecule has 0 bridgehead atoms. The third-order valence-electron chi connectivity index (χ3n) is 2.33. The molecule has 1 heterocycles. The zero-order valence-electron chi connectivity index (χ0n) is 9.94. The van der Waals surface area contributed by atoms with E-state index in [-0.39, 0.29) is 17.1 Å². The molecule has 1 aromatic heterocycles. The van der Waals surface area contributed by atoms with Crippen LogP contribution in [0.1, 0.15) is 33.6 Å². The van der Waals surface area contributed by atoms with Crippen molar-refractivity contribution < 1.29 is 27.9 Å². The summed E-state index contributed by atoms with van der Waals surface area (Å²) in [5.41, 5.74) is -0.119. The minimum atomic E-state index is -2.65. The van der Waals surface area contributed by atoms with Gasteiger partial charge < -0.3 is 14.4 Å². The van der Waals surface area contributed by atoms with Crippen molar-refractivity contribution in [3.8, 4) is 0 Å². The topological polar surface area (TPSA) is 70.8 Å². The number of hydrogen-bond acceptors (Lipinski definition) is 3. The first-order valence-electron chi connectivity index (χ1n) is 5.26. The van der Waals surface area contributed by atoms with Gasteiger partial charge in [-0.25, -0.2) is 13.6 Å². The van der Waals surface area contributed by atoms with Crippen LogP contribution >= 0.6 is 0 Å². The number of alkyl halides is 2. The summed E-state index contributed by atoms with van der Waals surface area (Å²) >= 11 is 0. The lowest BCUT2D eigenvalue weighted by Gasteiger charge is -2.14. The summed E-state index contributed by atoms with van der Waals surface area (Å²) in [6.07, 6.45) is -2.36. The second kappa shape index (κ2) is 5.61. The third-order valence-corrected chi connectivity index (χ3v) is 2.33. The molecule has 0 atom stereocenters. The molecule has 0 aromatic carbocycles. The molecule has 1 amide bonds. The molecular formula is C11H13F2NO4. The molecule has 18 heavy (non-hydrogen) atoms. The van der Waals surface area contributed by atoms with E-state index in [4.69, 9.17) is 9.52 Å². The second-order valence-corrected chi connectivity index (χ2v) is 3.68. The molecule has 0 saturated carbocycles. The predicted octanol–water partition coefficient (Wildman–Crippen LogP) is 1.88. The highest BCUT2D eigenvalue weighted by Gasteiger charge is 2.23. The monoisotopic (exact) mass is 261 g/mol. The largest absolute Gasteiger partial charge is 0.478 e. The molecule has 0 unspecified atom stereocenters. The van der Waals surface area contributed by atoms with Crippen LogP contribution in [0.4, 0.5) is 8.78 Å². The summed E-state index contributed by atoms with van der Waals surface area (Å²) in [5.74, 6) is -2.08. The van der Waals surface area contributed by atoms with Gasteiger partial charge >= 0.3 is 5.97 Å². The molecule has 1 aromatic rings. The standard InChI is InChI=1S/C11H13F2NO4/c1-3-7-6(11(16)17)4-8(18-7)10(15)14(2)5-9(12)13/h4,9H,3,5H2,1-2H3,(H,16,17). The number of nitrogens with zero attached hydrogens (tertiary/aromatic N) is 1. The van der Waals surface area contributed by atoms with Crippen molar-refractivity contribution in [1.29, 1.82) is 0 Å². The number of aryl methyl sites for hydroxylation is 1. The Balaban J connectivity index is 2.96. The molecule has 7 heteroatoms. The molecule has 0 radical (unpaired) electrons. The van der Waals surface area contributed by atoms with E-state index < -0.39 is 24.8 Å². The molecule has 1 N–H and O–H groups in total. The molecular weight excluding hydrogens is 248 g/mol. The first-order valence-corrected chi connectivity index (χ1v) is 5.26. The number of furan rings is 1. The molecule has 0 saturated heterocycles. The second-order valence-electron chi connectivity index (χ2n) is 3.68. The maximum absolute atomic E-state index is 12.1. The van der Waals surface area contributed by atoms with E-state index in [1.165, 1.54) is 7.05 Å². The Morgan fingerprint density at radius 1 is 1.50 bits per heavy atom. The maximum Gasteiger partial charge on any atom is 0.339 e. The van der Waals surface area contributed by atoms with Crippen molar-refractivity contribution in [2.75, 3.05) is 13.6 Å². The van der Waals surface area contributed by atoms with Crippen LogP contribution in [0, 0.1) is 0 Å². The van der Waals surface area contributed by atoms with E-state index in [0.717, 1.165) is 11.0 Å². The van der Waals surface area contributed by atoms with Crippen LogP contribution < -0.4 is 0 Å². The van der Waals surface area contributed by atoms with E-state index in [2.05, 4.69) is 0 Å². The van der Waals surface area contributed by atoms with Gasteiger partial charge in [0.25, 0.3) is 12.3 Å². The number of hydrogen-bond donors (Lipinski definition) is 1. The molecule has 1 rings (SSSR count). The maximum atomic E-state index is 12.1. The quantitative estimate of drug-likeness (QED) is 0.878. The number of carbonyl (C=O) groups is 2. The number of amides is 1. The van der Waals surface area contributed by atoms with Crippen LogP contribution in [-0.2, 0) is 6.42 Å². The highest BCUT2D eigenvalue weighted by Crippen LogP contribution is 2.18. The summed E-state index contributed by atoms with van der Waals surface area (Å²) in [4.78, 5) is 23.3. The van der Waals surface area contributed by atoms with E-state index in [1.54, 1.807) is 6.92 Å². The molecule has 0 aliphatic heterocycles. The van der Waals surface area contributed by atoms with Gasteiger partial charge in [0.15, 0.2) is 5.76 Å². The van der Waals surface area contributed by atoms with Crippen LogP contribution in [0.3, 0.4) is 0 Å². The Morgan fingerprint density at radius 3 is 2.50 bits per heavy atom. The van der Waals surface area contributed by atoms with Crippen LogP contribution in [0.5, 0.6) is 0 Å². The van der Waals surface area contributed by atoms with Gasteiger partial charge in [0.05, 0.1) is 6.54 Å². The fourth-order valence-corrected chi connectivity index (χ4v) is 1.46. The summed E-state index contributed by atoms with van der Waals surface area (Å²) in [5, 5.41) is 8.87. The van der Waals surface area contributed by atoms with Crippen molar-refractivity contribution in [3.63, 3.8) is 0 Å². The highest BCUT2D eigenvalue weighted by molar-refractivity contribution is 5.96. The number of aromatic carboxylic acids is 1. The Morgan fingerprint density at radius 2 is 2.11 bits per heavy atom. The van der Waals surface area contributed by atoms with Gasteiger partial charge in [-0.3, -0.25) is 4.79 Å². The summed E-state index contributed by atoms with van der Waals surface area (Å²) < 4.78 is 29.3. The van der Waals surface area contributed by atoms with Gasteiger partial charge in [-0.15, -0.1) is 0 Å². The van der Waals surface area contributed by atoms with Crippen molar-refractivity contribution in [2.24, 2.45) is 0 Å². The fourth-order valence-electron chi connectivity index (χ4n) is 1.46. The number of carbonyl (C=O) groups excluding carboxylic acids is 1. The lowest BCUT2D eigenvalue weighted by molar-refractivity contribution is 0.0591. The lowest BCUT2D eigenvalue weighted by atomic mass is 10.2. The van der Waals surface area contributed by atoms with Crippen LogP contribution in [-0.4, -0.2) is 41.9 Å². The average Bonchev–Trinajstić information content (AvgIpc) is 2.70. The van der Waals surface area contributed by atoms with Gasteiger partial charge in [0, 0.05) is 19.5 Å². The van der Waals surface area contributed by atoms with Crippen LogP contribution in [0.25, 0.3) is 0 Å². The van der Waals surface area contributed by atoms with E-state index in [1.807, 2.05) is 0 Å².